The van der Waals surface area contributed by atoms with Crippen LogP contribution in [0.15, 0.2) is 82.8 Å². The summed E-state index contributed by atoms with van der Waals surface area (Å²) in [6.07, 6.45) is 4.48. The number of benzene rings is 2. The van der Waals surface area contributed by atoms with Crippen LogP contribution in [0.2, 0.25) is 0 Å². The van der Waals surface area contributed by atoms with E-state index >= 15 is 0 Å². The van der Waals surface area contributed by atoms with Gasteiger partial charge in [0.2, 0.25) is 0 Å². The number of H-pyrrole nitrogens is 1. The van der Waals surface area contributed by atoms with Gasteiger partial charge in [-0.2, -0.15) is 0 Å². The highest BCUT2D eigenvalue weighted by molar-refractivity contribution is 14.0. The molecule has 0 bridgehead atoms. The molecule has 0 amide bonds. The Morgan fingerprint density at radius 3 is 2.62 bits per heavy atom. The number of rotatable bonds is 8. The maximum absolute atomic E-state index is 13.6. The van der Waals surface area contributed by atoms with E-state index in [2.05, 4.69) is 20.6 Å². The van der Waals surface area contributed by atoms with Gasteiger partial charge < -0.3 is 20.2 Å². The minimum absolute atomic E-state index is 0. The van der Waals surface area contributed by atoms with Crippen LogP contribution in [0.3, 0.4) is 0 Å². The molecule has 0 aliphatic heterocycles. The first-order valence-electron chi connectivity index (χ1n) is 11.1. The van der Waals surface area contributed by atoms with Crippen molar-refractivity contribution in [2.24, 2.45) is 4.99 Å². The van der Waals surface area contributed by atoms with E-state index in [4.69, 9.17) is 0 Å². The Morgan fingerprint density at radius 1 is 1.06 bits per heavy atom. The zero-order chi connectivity index (χ0) is 23.0. The molecule has 2 aromatic heterocycles. The molecule has 3 N–H and O–H groups in total. The fourth-order valence-electron chi connectivity index (χ4n) is 3.72. The van der Waals surface area contributed by atoms with Crippen LogP contribution in [0, 0.1) is 5.82 Å². The fraction of sp³-hybridized carbons (Fsp3) is 0.231. The molecule has 0 saturated heterocycles. The normalized spacial score (nSPS) is 11.3. The van der Waals surface area contributed by atoms with Crippen molar-refractivity contribution >= 4 is 40.8 Å². The Balaban J connectivity index is 0.00000324. The van der Waals surface area contributed by atoms with Crippen LogP contribution in [0.25, 0.3) is 10.9 Å². The minimum atomic E-state index is -0.229. The first kappa shape index (κ1) is 25.5. The number of pyridine rings is 1. The number of nitrogens with zero attached hydrogens (tertiary/aromatic N) is 2. The van der Waals surface area contributed by atoms with Gasteiger partial charge >= 0.3 is 0 Å². The molecule has 8 heteroatoms. The van der Waals surface area contributed by atoms with E-state index in [0.29, 0.717) is 19.6 Å². The molecule has 2 heterocycles. The Bertz CT molecular complexity index is 1300. The van der Waals surface area contributed by atoms with Gasteiger partial charge in [-0.05, 0) is 54.3 Å². The summed E-state index contributed by atoms with van der Waals surface area (Å²) in [5, 5.41) is 7.53. The molecule has 178 valence electrons. The summed E-state index contributed by atoms with van der Waals surface area (Å²) in [6.45, 7) is 4.55. The molecule has 4 rings (SSSR count). The molecule has 0 radical (unpaired) electrons. The highest BCUT2D eigenvalue weighted by atomic mass is 127. The summed E-state index contributed by atoms with van der Waals surface area (Å²) in [5.41, 5.74) is 4.15. The number of nitrogens with one attached hydrogen (secondary N) is 3. The Labute approximate surface area is 215 Å². The summed E-state index contributed by atoms with van der Waals surface area (Å²) < 4.78 is 15.3. The number of fused-ring (bicyclic) bond motifs is 1. The summed E-state index contributed by atoms with van der Waals surface area (Å²) in [4.78, 5) is 19.8. The molecule has 6 nitrogen and oxygen atoms in total. The maximum atomic E-state index is 13.6. The van der Waals surface area contributed by atoms with Crippen molar-refractivity contribution in [1.29, 1.82) is 0 Å². The zero-order valence-corrected chi connectivity index (χ0v) is 21.4. The van der Waals surface area contributed by atoms with Crippen LogP contribution < -0.4 is 16.2 Å². The van der Waals surface area contributed by atoms with Crippen LogP contribution in [0.1, 0.15) is 23.6 Å². The molecule has 0 fully saturated rings. The molecular formula is C26H29FIN5O. The lowest BCUT2D eigenvalue weighted by Gasteiger charge is -2.11. The fourth-order valence-corrected chi connectivity index (χ4v) is 3.72. The standard InChI is InChI=1S/C26H28FN5O.HI/c1-2-28-26(29-13-12-21-17-30-24-11-10-22(27)15-23(21)24)31-16-19-6-8-20(9-7-19)18-32-14-4-3-5-25(32)33;/h3-11,14-15,17,30H,2,12-13,16,18H2,1H3,(H2,28,29,31);1H. The van der Waals surface area contributed by atoms with Gasteiger partial charge in [0.25, 0.3) is 5.56 Å². The smallest absolute Gasteiger partial charge is 0.250 e. The average molecular weight is 573 g/mol. The third-order valence-electron chi connectivity index (χ3n) is 5.46. The van der Waals surface area contributed by atoms with Gasteiger partial charge in [-0.15, -0.1) is 24.0 Å². The van der Waals surface area contributed by atoms with Gasteiger partial charge in [0, 0.05) is 42.5 Å². The number of hydrogen-bond donors (Lipinski definition) is 3. The third-order valence-corrected chi connectivity index (χ3v) is 5.46. The Kier molecular flexibility index (Phi) is 9.26. The van der Waals surface area contributed by atoms with E-state index in [1.54, 1.807) is 35.0 Å². The molecule has 4 aromatic rings. The Hall–Kier alpha value is -3.14. The SMILES string of the molecule is CCNC(=NCc1ccc(Cn2ccccc2=O)cc1)NCCc1c[nH]c2ccc(F)cc12.I. The molecular weight excluding hydrogens is 544 g/mol. The van der Waals surface area contributed by atoms with Crippen LogP contribution in [0.5, 0.6) is 0 Å². The first-order chi connectivity index (χ1) is 16.1. The topological polar surface area (TPSA) is 74.2 Å². The molecule has 0 saturated carbocycles. The number of hydrogen-bond acceptors (Lipinski definition) is 2. The summed E-state index contributed by atoms with van der Waals surface area (Å²) >= 11 is 0. The van der Waals surface area contributed by atoms with Gasteiger partial charge in [0.1, 0.15) is 5.82 Å². The van der Waals surface area contributed by atoms with Crippen molar-refractivity contribution in [3.05, 3.63) is 106 Å². The van der Waals surface area contributed by atoms with Crippen LogP contribution in [-0.2, 0) is 19.5 Å². The quantitative estimate of drug-likeness (QED) is 0.166. The largest absolute Gasteiger partial charge is 0.361 e. The lowest BCUT2D eigenvalue weighted by atomic mass is 10.1. The van der Waals surface area contributed by atoms with E-state index in [-0.39, 0.29) is 35.4 Å². The van der Waals surface area contributed by atoms with E-state index < -0.39 is 0 Å². The van der Waals surface area contributed by atoms with Gasteiger partial charge in [0.15, 0.2) is 5.96 Å². The zero-order valence-electron chi connectivity index (χ0n) is 19.1. The van der Waals surface area contributed by atoms with Crippen molar-refractivity contribution < 1.29 is 4.39 Å². The number of halogens is 2. The van der Waals surface area contributed by atoms with Gasteiger partial charge in [0.05, 0.1) is 13.1 Å². The second-order valence-electron chi connectivity index (χ2n) is 7.86. The van der Waals surface area contributed by atoms with Crippen LogP contribution in [0.4, 0.5) is 4.39 Å². The van der Waals surface area contributed by atoms with Gasteiger partial charge in [-0.3, -0.25) is 4.79 Å². The van der Waals surface area contributed by atoms with E-state index in [0.717, 1.165) is 46.5 Å². The lowest BCUT2D eigenvalue weighted by molar-refractivity contribution is 0.629. The molecule has 2 aromatic carbocycles. The lowest BCUT2D eigenvalue weighted by Crippen LogP contribution is -2.38. The monoisotopic (exact) mass is 573 g/mol. The molecule has 0 atom stereocenters. The van der Waals surface area contributed by atoms with Crippen molar-refractivity contribution in [2.45, 2.75) is 26.4 Å². The van der Waals surface area contributed by atoms with E-state index in [1.807, 2.05) is 43.5 Å². The Morgan fingerprint density at radius 2 is 1.85 bits per heavy atom. The minimum Gasteiger partial charge on any atom is -0.361 e. The van der Waals surface area contributed by atoms with Crippen LogP contribution in [-0.4, -0.2) is 28.6 Å². The highest BCUT2D eigenvalue weighted by Crippen LogP contribution is 2.19. The van der Waals surface area contributed by atoms with Gasteiger partial charge in [-0.25, -0.2) is 9.38 Å². The summed E-state index contributed by atoms with van der Waals surface area (Å²) in [6, 6.07) is 18.1. The van der Waals surface area contributed by atoms with E-state index in [1.165, 1.54) is 6.07 Å². The molecule has 34 heavy (non-hydrogen) atoms. The number of aliphatic imine (C=N–C) groups is 1. The molecule has 0 unspecified atom stereocenters. The van der Waals surface area contributed by atoms with Crippen molar-refractivity contribution in [2.75, 3.05) is 13.1 Å². The van der Waals surface area contributed by atoms with Crippen molar-refractivity contribution in [3.8, 4) is 0 Å². The number of aromatic nitrogens is 2. The highest BCUT2D eigenvalue weighted by Gasteiger charge is 2.06. The molecule has 0 aliphatic carbocycles. The van der Waals surface area contributed by atoms with Gasteiger partial charge in [-0.1, -0.05) is 30.3 Å². The average Bonchev–Trinajstić information content (AvgIpc) is 3.22. The second kappa shape index (κ2) is 12.4. The second-order valence-corrected chi connectivity index (χ2v) is 7.86. The van der Waals surface area contributed by atoms with Crippen molar-refractivity contribution in [3.63, 3.8) is 0 Å². The van der Waals surface area contributed by atoms with Crippen LogP contribution >= 0.6 is 24.0 Å². The predicted octanol–water partition coefficient (Wildman–Crippen LogP) is 4.43. The number of guanidine groups is 1. The predicted molar refractivity (Wildman–Crippen MR) is 146 cm³/mol. The molecule has 0 spiro atoms. The number of aromatic amines is 1. The maximum Gasteiger partial charge on any atom is 0.250 e. The first-order valence-corrected chi connectivity index (χ1v) is 11.1. The summed E-state index contributed by atoms with van der Waals surface area (Å²) in [5.74, 6) is 0.511. The third kappa shape index (κ3) is 6.69. The van der Waals surface area contributed by atoms with E-state index in [9.17, 15) is 9.18 Å². The van der Waals surface area contributed by atoms with Crippen molar-refractivity contribution in [1.82, 2.24) is 20.2 Å². The summed E-state index contributed by atoms with van der Waals surface area (Å²) in [7, 11) is 0. The molecule has 0 aliphatic rings.